The highest BCUT2D eigenvalue weighted by Crippen LogP contribution is 2.34. The van der Waals surface area contributed by atoms with E-state index in [0.717, 1.165) is 36.2 Å². The van der Waals surface area contributed by atoms with Crippen LogP contribution in [0, 0.1) is 5.92 Å². The monoisotopic (exact) mass is 483 g/mol. The zero-order valence-electron chi connectivity index (χ0n) is 16.3. The lowest BCUT2D eigenvalue weighted by atomic mass is 10.1. The minimum absolute atomic E-state index is 0. The first kappa shape index (κ1) is 21.7. The zero-order chi connectivity index (χ0) is 18.4. The first-order valence-electron chi connectivity index (χ1n) is 9.35. The van der Waals surface area contributed by atoms with Crippen LogP contribution in [-0.2, 0) is 6.54 Å². The summed E-state index contributed by atoms with van der Waals surface area (Å²) in [5.74, 6) is 2.27. The fraction of sp³-hybridized carbons (Fsp3) is 0.500. The molecule has 6 nitrogen and oxygen atoms in total. The van der Waals surface area contributed by atoms with Crippen LogP contribution in [0.3, 0.4) is 0 Å². The molecule has 27 heavy (non-hydrogen) atoms. The second-order valence-corrected chi connectivity index (χ2v) is 6.95. The number of aromatic nitrogens is 1. The van der Waals surface area contributed by atoms with Crippen molar-refractivity contribution in [3.8, 4) is 11.5 Å². The quantitative estimate of drug-likeness (QED) is 0.343. The number of oxazole rings is 1. The van der Waals surface area contributed by atoms with Crippen LogP contribution >= 0.6 is 24.0 Å². The molecule has 1 aromatic carbocycles. The predicted molar refractivity (Wildman–Crippen MR) is 120 cm³/mol. The van der Waals surface area contributed by atoms with E-state index in [9.17, 15) is 0 Å². The topological polar surface area (TPSA) is 65.7 Å². The highest BCUT2D eigenvalue weighted by molar-refractivity contribution is 14.0. The van der Waals surface area contributed by atoms with Gasteiger partial charge in [-0.3, -0.25) is 0 Å². The molecular weight excluding hydrogens is 453 g/mol. The molecule has 1 aliphatic rings. The Morgan fingerprint density at radius 1 is 1.26 bits per heavy atom. The smallest absolute Gasteiger partial charge is 0.226 e. The van der Waals surface area contributed by atoms with E-state index in [1.54, 1.807) is 6.26 Å². The zero-order valence-corrected chi connectivity index (χ0v) is 18.6. The van der Waals surface area contributed by atoms with E-state index >= 15 is 0 Å². The molecule has 0 bridgehead atoms. The van der Waals surface area contributed by atoms with E-state index < -0.39 is 0 Å². The summed E-state index contributed by atoms with van der Waals surface area (Å²) in [4.78, 5) is 11.5. The maximum atomic E-state index is 5.58. The number of benzene rings is 1. The molecule has 0 spiro atoms. The van der Waals surface area contributed by atoms with Crippen LogP contribution in [0.25, 0.3) is 11.5 Å². The van der Waals surface area contributed by atoms with Gasteiger partial charge in [-0.05, 0) is 51.9 Å². The van der Waals surface area contributed by atoms with Crippen LogP contribution < -0.4 is 10.6 Å². The van der Waals surface area contributed by atoms with Crippen LogP contribution in [0.4, 0.5) is 0 Å². The van der Waals surface area contributed by atoms with Gasteiger partial charge in [0.15, 0.2) is 5.96 Å². The van der Waals surface area contributed by atoms with E-state index in [-0.39, 0.29) is 24.0 Å². The lowest BCUT2D eigenvalue weighted by molar-refractivity contribution is 0.264. The summed E-state index contributed by atoms with van der Waals surface area (Å²) in [6.45, 7) is 4.29. The molecule has 0 amide bonds. The predicted octanol–water partition coefficient (Wildman–Crippen LogP) is 3.35. The van der Waals surface area contributed by atoms with Gasteiger partial charge in [0.25, 0.3) is 0 Å². The molecule has 7 heteroatoms. The average Bonchev–Trinajstić information content (AvgIpc) is 3.36. The largest absolute Gasteiger partial charge is 0.444 e. The Morgan fingerprint density at radius 2 is 2.00 bits per heavy atom. The van der Waals surface area contributed by atoms with Crippen molar-refractivity contribution in [2.75, 3.05) is 27.2 Å². The van der Waals surface area contributed by atoms with Gasteiger partial charge in [-0.2, -0.15) is 0 Å². The Labute approximate surface area is 178 Å². The first-order chi connectivity index (χ1) is 12.7. The van der Waals surface area contributed by atoms with E-state index in [0.29, 0.717) is 18.5 Å². The molecule has 148 valence electrons. The first-order valence-corrected chi connectivity index (χ1v) is 9.35. The normalized spacial score (nSPS) is 15.3. The summed E-state index contributed by atoms with van der Waals surface area (Å²) in [5, 5.41) is 6.78. The number of hydrogen-bond donors (Lipinski definition) is 2. The maximum Gasteiger partial charge on any atom is 0.226 e. The molecule has 0 saturated heterocycles. The number of likely N-dealkylation sites (N-methyl/N-ethyl adjacent to an activating group) is 1. The summed E-state index contributed by atoms with van der Waals surface area (Å²) in [6.07, 6.45) is 4.35. The van der Waals surface area contributed by atoms with Gasteiger partial charge in [-0.25, -0.2) is 9.98 Å². The Kier molecular flexibility index (Phi) is 8.56. The summed E-state index contributed by atoms with van der Waals surface area (Å²) in [6, 6.07) is 10.5. The highest BCUT2D eigenvalue weighted by atomic mass is 127. The molecule has 0 radical (unpaired) electrons. The number of hydrogen-bond acceptors (Lipinski definition) is 4. The summed E-state index contributed by atoms with van der Waals surface area (Å²) in [5.41, 5.74) is 1.80. The van der Waals surface area contributed by atoms with Gasteiger partial charge in [0, 0.05) is 24.7 Å². The molecule has 1 saturated carbocycles. The van der Waals surface area contributed by atoms with E-state index in [1.165, 1.54) is 12.8 Å². The third kappa shape index (κ3) is 6.49. The van der Waals surface area contributed by atoms with Crippen molar-refractivity contribution in [2.45, 2.75) is 32.4 Å². The van der Waals surface area contributed by atoms with Gasteiger partial charge in [0.05, 0.1) is 6.54 Å². The highest BCUT2D eigenvalue weighted by Gasteiger charge is 2.32. The van der Waals surface area contributed by atoms with Crippen molar-refractivity contribution in [1.82, 2.24) is 20.5 Å². The Balaban J connectivity index is 0.00000261. The van der Waals surface area contributed by atoms with Crippen LogP contribution in [-0.4, -0.2) is 49.1 Å². The van der Waals surface area contributed by atoms with E-state index in [4.69, 9.17) is 4.42 Å². The van der Waals surface area contributed by atoms with Gasteiger partial charge >= 0.3 is 0 Å². The molecule has 0 aliphatic heterocycles. The average molecular weight is 483 g/mol. The Bertz CT molecular complexity index is 710. The lowest BCUT2D eigenvalue weighted by Gasteiger charge is -2.25. The van der Waals surface area contributed by atoms with Gasteiger partial charge in [-0.15, -0.1) is 24.0 Å². The second kappa shape index (κ2) is 10.7. The summed E-state index contributed by atoms with van der Waals surface area (Å²) in [7, 11) is 4.30. The third-order valence-corrected chi connectivity index (χ3v) is 4.62. The van der Waals surface area contributed by atoms with Gasteiger partial charge < -0.3 is 20.0 Å². The third-order valence-electron chi connectivity index (χ3n) is 4.62. The van der Waals surface area contributed by atoms with Gasteiger partial charge in [-0.1, -0.05) is 18.2 Å². The number of halogens is 1. The van der Waals surface area contributed by atoms with Gasteiger partial charge in [0.2, 0.25) is 5.89 Å². The van der Waals surface area contributed by atoms with Crippen molar-refractivity contribution in [3.63, 3.8) is 0 Å². The number of nitrogens with one attached hydrogen (secondary N) is 2. The Morgan fingerprint density at radius 3 is 2.63 bits per heavy atom. The van der Waals surface area contributed by atoms with E-state index in [2.05, 4.69) is 46.5 Å². The van der Waals surface area contributed by atoms with Crippen molar-refractivity contribution in [2.24, 2.45) is 10.9 Å². The summed E-state index contributed by atoms with van der Waals surface area (Å²) < 4.78 is 5.58. The minimum atomic E-state index is 0. The van der Waals surface area contributed by atoms with Crippen LogP contribution in [0.5, 0.6) is 0 Å². The molecule has 1 atom stereocenters. The van der Waals surface area contributed by atoms with Crippen LogP contribution in [0.2, 0.25) is 0 Å². The van der Waals surface area contributed by atoms with Crippen LogP contribution in [0.15, 0.2) is 46.0 Å². The lowest BCUT2D eigenvalue weighted by Crippen LogP contribution is -2.46. The minimum Gasteiger partial charge on any atom is -0.444 e. The fourth-order valence-electron chi connectivity index (χ4n) is 3.05. The fourth-order valence-corrected chi connectivity index (χ4v) is 3.05. The molecule has 1 aliphatic carbocycles. The van der Waals surface area contributed by atoms with Crippen molar-refractivity contribution >= 4 is 29.9 Å². The molecule has 1 aromatic heterocycles. The summed E-state index contributed by atoms with van der Waals surface area (Å²) >= 11 is 0. The molecule has 2 aromatic rings. The molecular formula is C20H30IN5O. The maximum absolute atomic E-state index is 5.58. The SMILES string of the molecule is CCNC(=NCc1coc(-c2ccccc2)n1)NCC(C1CC1)N(C)C.I. The number of aliphatic imine (C=N–C) groups is 1. The van der Waals surface area contributed by atoms with Gasteiger partial charge in [0.1, 0.15) is 12.0 Å². The van der Waals surface area contributed by atoms with Crippen LogP contribution in [0.1, 0.15) is 25.5 Å². The Hall–Kier alpha value is -1.61. The molecule has 1 heterocycles. The molecule has 1 fully saturated rings. The number of guanidine groups is 1. The second-order valence-electron chi connectivity index (χ2n) is 6.95. The van der Waals surface area contributed by atoms with Crippen molar-refractivity contribution in [3.05, 3.63) is 42.3 Å². The molecule has 3 rings (SSSR count). The van der Waals surface area contributed by atoms with E-state index in [1.807, 2.05) is 30.3 Å². The molecule has 1 unspecified atom stereocenters. The van der Waals surface area contributed by atoms with Crippen molar-refractivity contribution < 1.29 is 4.42 Å². The molecule has 2 N–H and O–H groups in total. The number of rotatable bonds is 8. The standard InChI is InChI=1S/C20H29N5O.HI/c1-4-21-20(23-13-18(25(2)3)15-10-11-15)22-12-17-14-26-19(24-17)16-8-6-5-7-9-16;/h5-9,14-15,18H,4,10-13H2,1-3H3,(H2,21,22,23);1H. The van der Waals surface area contributed by atoms with Crippen molar-refractivity contribution in [1.29, 1.82) is 0 Å². The number of nitrogens with zero attached hydrogens (tertiary/aromatic N) is 3.